The van der Waals surface area contributed by atoms with Crippen molar-refractivity contribution >= 4 is 5.96 Å². The van der Waals surface area contributed by atoms with E-state index < -0.39 is 0 Å². The number of nitrogens with zero attached hydrogens (tertiary/aromatic N) is 1. The van der Waals surface area contributed by atoms with Gasteiger partial charge in [-0.1, -0.05) is 44.2 Å². The molecule has 0 aromatic heterocycles. The first-order valence-electron chi connectivity index (χ1n) is 7.47. The van der Waals surface area contributed by atoms with Crippen LogP contribution in [-0.4, -0.2) is 39.3 Å². The molecule has 0 aliphatic carbocycles. The summed E-state index contributed by atoms with van der Waals surface area (Å²) in [6.07, 6.45) is 1.03. The predicted octanol–water partition coefficient (Wildman–Crippen LogP) is 2.46. The topological polar surface area (TPSA) is 45.7 Å². The van der Waals surface area contributed by atoms with Crippen LogP contribution in [0.4, 0.5) is 0 Å². The van der Waals surface area contributed by atoms with Crippen molar-refractivity contribution in [2.45, 2.75) is 33.2 Å². The van der Waals surface area contributed by atoms with Crippen molar-refractivity contribution in [1.29, 1.82) is 0 Å². The number of ether oxygens (including phenoxy) is 1. The molecule has 0 saturated heterocycles. The molecule has 4 heteroatoms. The van der Waals surface area contributed by atoms with Crippen LogP contribution in [0.5, 0.6) is 0 Å². The average Bonchev–Trinajstić information content (AvgIpc) is 2.44. The van der Waals surface area contributed by atoms with Gasteiger partial charge in [0.25, 0.3) is 0 Å². The number of hydrogen-bond acceptors (Lipinski definition) is 2. The molecule has 0 heterocycles. The minimum atomic E-state index is 0.156. The Morgan fingerprint density at radius 2 is 1.95 bits per heavy atom. The number of nitrogens with one attached hydrogen (secondary N) is 2. The molecular weight excluding hydrogens is 262 g/mol. The molecular formula is C17H29N3O. The molecule has 21 heavy (non-hydrogen) atoms. The summed E-state index contributed by atoms with van der Waals surface area (Å²) in [7, 11) is 3.50. The summed E-state index contributed by atoms with van der Waals surface area (Å²) < 4.78 is 5.13. The van der Waals surface area contributed by atoms with E-state index in [0.717, 1.165) is 18.9 Å². The van der Waals surface area contributed by atoms with Gasteiger partial charge in [-0.3, -0.25) is 4.99 Å². The maximum absolute atomic E-state index is 5.13. The van der Waals surface area contributed by atoms with Gasteiger partial charge >= 0.3 is 0 Å². The Morgan fingerprint density at radius 1 is 1.29 bits per heavy atom. The van der Waals surface area contributed by atoms with E-state index >= 15 is 0 Å². The first kappa shape index (κ1) is 17.5. The van der Waals surface area contributed by atoms with Gasteiger partial charge in [0.2, 0.25) is 0 Å². The molecule has 0 saturated carbocycles. The van der Waals surface area contributed by atoms with E-state index in [1.165, 1.54) is 5.56 Å². The van der Waals surface area contributed by atoms with E-state index in [2.05, 4.69) is 66.7 Å². The molecule has 1 aromatic carbocycles. The summed E-state index contributed by atoms with van der Waals surface area (Å²) in [5, 5.41) is 6.72. The molecule has 1 atom stereocenters. The van der Waals surface area contributed by atoms with Crippen LogP contribution in [0.25, 0.3) is 0 Å². The SMILES string of the molecule is CN=C(NCC(C)(C)Cc1ccccc1)NC(C)COC. The number of guanidine groups is 1. The number of benzene rings is 1. The van der Waals surface area contributed by atoms with Crippen LogP contribution in [0.1, 0.15) is 26.3 Å². The average molecular weight is 291 g/mol. The highest BCUT2D eigenvalue weighted by atomic mass is 16.5. The summed E-state index contributed by atoms with van der Waals surface area (Å²) in [6.45, 7) is 8.12. The van der Waals surface area contributed by atoms with Crippen LogP contribution >= 0.6 is 0 Å². The number of methoxy groups -OCH3 is 1. The van der Waals surface area contributed by atoms with Crippen molar-refractivity contribution in [3.63, 3.8) is 0 Å². The summed E-state index contributed by atoms with van der Waals surface area (Å²) in [5.41, 5.74) is 1.52. The molecule has 1 unspecified atom stereocenters. The highest BCUT2D eigenvalue weighted by Crippen LogP contribution is 2.20. The summed E-state index contributed by atoms with van der Waals surface area (Å²) in [5.74, 6) is 0.820. The standard InChI is InChI=1S/C17H29N3O/c1-14(12-21-5)20-16(18-4)19-13-17(2,3)11-15-9-7-6-8-10-15/h6-10,14H,11-13H2,1-5H3,(H2,18,19,20). The van der Waals surface area contributed by atoms with E-state index in [-0.39, 0.29) is 11.5 Å². The quantitative estimate of drug-likeness (QED) is 0.599. The molecule has 0 spiro atoms. The number of hydrogen-bond donors (Lipinski definition) is 2. The fourth-order valence-corrected chi connectivity index (χ4v) is 2.25. The van der Waals surface area contributed by atoms with E-state index in [9.17, 15) is 0 Å². The van der Waals surface area contributed by atoms with Gasteiger partial charge in [-0.2, -0.15) is 0 Å². The van der Waals surface area contributed by atoms with Gasteiger partial charge in [0, 0.05) is 26.7 Å². The zero-order valence-electron chi connectivity index (χ0n) is 13.9. The molecule has 1 aromatic rings. The van der Waals surface area contributed by atoms with Gasteiger partial charge in [-0.25, -0.2) is 0 Å². The van der Waals surface area contributed by atoms with Crippen LogP contribution < -0.4 is 10.6 Å². The molecule has 0 bridgehead atoms. The molecule has 0 aliphatic rings. The van der Waals surface area contributed by atoms with Crippen molar-refractivity contribution in [3.05, 3.63) is 35.9 Å². The third-order valence-corrected chi connectivity index (χ3v) is 3.28. The largest absolute Gasteiger partial charge is 0.383 e. The zero-order chi connectivity index (χ0) is 15.7. The second-order valence-electron chi connectivity index (χ2n) is 6.25. The second-order valence-corrected chi connectivity index (χ2v) is 6.25. The van der Waals surface area contributed by atoms with Crippen LogP contribution in [0.15, 0.2) is 35.3 Å². The van der Waals surface area contributed by atoms with E-state index in [0.29, 0.717) is 6.61 Å². The molecule has 118 valence electrons. The van der Waals surface area contributed by atoms with Gasteiger partial charge in [-0.05, 0) is 24.3 Å². The number of rotatable bonds is 7. The maximum Gasteiger partial charge on any atom is 0.191 e. The Hall–Kier alpha value is -1.55. The van der Waals surface area contributed by atoms with Crippen LogP contribution in [0.2, 0.25) is 0 Å². The first-order chi connectivity index (χ1) is 9.96. The Labute approximate surface area is 129 Å². The highest BCUT2D eigenvalue weighted by Gasteiger charge is 2.19. The summed E-state index contributed by atoms with van der Waals surface area (Å²) in [4.78, 5) is 4.26. The Bertz CT molecular complexity index is 429. The van der Waals surface area contributed by atoms with E-state index in [1.807, 2.05) is 0 Å². The summed E-state index contributed by atoms with van der Waals surface area (Å²) in [6, 6.07) is 10.8. The monoisotopic (exact) mass is 291 g/mol. The highest BCUT2D eigenvalue weighted by molar-refractivity contribution is 5.79. The maximum atomic E-state index is 5.13. The first-order valence-corrected chi connectivity index (χ1v) is 7.47. The molecule has 0 radical (unpaired) electrons. The van der Waals surface area contributed by atoms with Crippen LogP contribution in [0.3, 0.4) is 0 Å². The lowest BCUT2D eigenvalue weighted by molar-refractivity contribution is 0.178. The lowest BCUT2D eigenvalue weighted by Crippen LogP contribution is -2.47. The molecule has 1 rings (SSSR count). The van der Waals surface area contributed by atoms with Crippen molar-refractivity contribution in [2.75, 3.05) is 27.3 Å². The van der Waals surface area contributed by atoms with Crippen LogP contribution in [0, 0.1) is 5.41 Å². The van der Waals surface area contributed by atoms with Crippen LogP contribution in [-0.2, 0) is 11.2 Å². The fraction of sp³-hybridized carbons (Fsp3) is 0.588. The van der Waals surface area contributed by atoms with Crippen molar-refractivity contribution in [1.82, 2.24) is 10.6 Å². The predicted molar refractivity (Wildman–Crippen MR) is 89.8 cm³/mol. The lowest BCUT2D eigenvalue weighted by Gasteiger charge is -2.27. The van der Waals surface area contributed by atoms with Gasteiger partial charge in [0.15, 0.2) is 5.96 Å². The zero-order valence-corrected chi connectivity index (χ0v) is 13.9. The molecule has 0 fully saturated rings. The molecule has 4 nitrogen and oxygen atoms in total. The Balaban J connectivity index is 2.47. The smallest absolute Gasteiger partial charge is 0.191 e. The van der Waals surface area contributed by atoms with E-state index in [1.54, 1.807) is 14.2 Å². The summed E-state index contributed by atoms with van der Waals surface area (Å²) >= 11 is 0. The second kappa shape index (κ2) is 8.67. The minimum absolute atomic E-state index is 0.156. The Kier molecular flexibility index (Phi) is 7.23. The third-order valence-electron chi connectivity index (χ3n) is 3.28. The fourth-order valence-electron chi connectivity index (χ4n) is 2.25. The van der Waals surface area contributed by atoms with Gasteiger partial charge in [-0.15, -0.1) is 0 Å². The van der Waals surface area contributed by atoms with Gasteiger partial charge < -0.3 is 15.4 Å². The lowest BCUT2D eigenvalue weighted by atomic mass is 9.86. The normalized spacial score (nSPS) is 13.9. The van der Waals surface area contributed by atoms with Gasteiger partial charge in [0.1, 0.15) is 0 Å². The molecule has 0 aliphatic heterocycles. The number of aliphatic imine (C=N–C) groups is 1. The Morgan fingerprint density at radius 3 is 2.52 bits per heavy atom. The van der Waals surface area contributed by atoms with E-state index in [4.69, 9.17) is 4.74 Å². The minimum Gasteiger partial charge on any atom is -0.383 e. The van der Waals surface area contributed by atoms with Crippen molar-refractivity contribution in [2.24, 2.45) is 10.4 Å². The molecule has 2 N–H and O–H groups in total. The van der Waals surface area contributed by atoms with Crippen molar-refractivity contribution in [3.8, 4) is 0 Å². The van der Waals surface area contributed by atoms with Gasteiger partial charge in [0.05, 0.1) is 6.61 Å². The molecule has 0 amide bonds. The van der Waals surface area contributed by atoms with Crippen molar-refractivity contribution < 1.29 is 4.74 Å². The third kappa shape index (κ3) is 7.14.